The third kappa shape index (κ3) is 86.4. The highest BCUT2D eigenvalue weighted by Gasteiger charge is 1.35. The second kappa shape index (κ2) is 23.3. The maximum atomic E-state index is 3.79. The SMILES string of the molecule is CCS.Cl.N. The van der Waals surface area contributed by atoms with E-state index in [1.165, 1.54) is 0 Å². The zero-order valence-corrected chi connectivity index (χ0v) is 4.98. The summed E-state index contributed by atoms with van der Waals surface area (Å²) in [6, 6.07) is 0. The average Bonchev–Trinajstić information content (AvgIpc) is 0.918. The molecule has 0 saturated heterocycles. The molecule has 0 aliphatic carbocycles. The molecule has 0 radical (unpaired) electrons. The lowest BCUT2D eigenvalue weighted by atomic mass is 11.0. The maximum absolute atomic E-state index is 3.79. The average molecular weight is 116 g/mol. The van der Waals surface area contributed by atoms with Crippen LogP contribution in [-0.4, -0.2) is 5.75 Å². The van der Waals surface area contributed by atoms with Crippen LogP contribution in [0, 0.1) is 0 Å². The monoisotopic (exact) mass is 115 g/mol. The van der Waals surface area contributed by atoms with Crippen molar-refractivity contribution in [3.05, 3.63) is 0 Å². The maximum Gasteiger partial charge on any atom is -0.0126 e. The molecule has 0 aliphatic heterocycles. The van der Waals surface area contributed by atoms with Gasteiger partial charge in [-0.15, -0.1) is 12.4 Å². The lowest BCUT2D eigenvalue weighted by Crippen LogP contribution is -1.36. The van der Waals surface area contributed by atoms with E-state index in [9.17, 15) is 0 Å². The standard InChI is InChI=1S/C2H6S.ClH.H3N/c1-2-3;;/h3H,2H2,1H3;1H;1H3. The van der Waals surface area contributed by atoms with Crippen LogP contribution in [-0.2, 0) is 0 Å². The molecule has 5 heavy (non-hydrogen) atoms. The van der Waals surface area contributed by atoms with E-state index in [0.717, 1.165) is 5.75 Å². The van der Waals surface area contributed by atoms with E-state index < -0.39 is 0 Å². The van der Waals surface area contributed by atoms with Crippen molar-refractivity contribution < 1.29 is 0 Å². The summed E-state index contributed by atoms with van der Waals surface area (Å²) in [4.78, 5) is 0. The topological polar surface area (TPSA) is 35.0 Å². The van der Waals surface area contributed by atoms with Crippen molar-refractivity contribution in [3.8, 4) is 0 Å². The third-order valence-corrected chi connectivity index (χ3v) is 0. The van der Waals surface area contributed by atoms with E-state index in [1.807, 2.05) is 6.92 Å². The lowest BCUT2D eigenvalue weighted by Gasteiger charge is -1.48. The van der Waals surface area contributed by atoms with Crippen LogP contribution in [0.4, 0.5) is 0 Å². The van der Waals surface area contributed by atoms with Gasteiger partial charge in [0.15, 0.2) is 0 Å². The number of thiol groups is 1. The molecule has 0 amide bonds. The fourth-order valence-electron chi connectivity index (χ4n) is 0. The van der Waals surface area contributed by atoms with Gasteiger partial charge in [-0.2, -0.15) is 12.6 Å². The Bertz CT molecular complexity index is 9.61. The van der Waals surface area contributed by atoms with Crippen LogP contribution in [0.1, 0.15) is 6.92 Å². The molecule has 0 aromatic heterocycles. The number of halogens is 1. The summed E-state index contributed by atoms with van der Waals surface area (Å²) >= 11 is 3.79. The highest BCUT2D eigenvalue weighted by molar-refractivity contribution is 7.80. The molecule has 0 fully saturated rings. The van der Waals surface area contributed by atoms with Crippen LogP contribution in [0.3, 0.4) is 0 Å². The fraction of sp³-hybridized carbons (Fsp3) is 1.00. The van der Waals surface area contributed by atoms with Gasteiger partial charge in [0.05, 0.1) is 0 Å². The summed E-state index contributed by atoms with van der Waals surface area (Å²) in [5.41, 5.74) is 0. The van der Waals surface area contributed by atoms with E-state index in [2.05, 4.69) is 12.6 Å². The normalized spacial score (nSPS) is 3.60. The Hall–Kier alpha value is 0.600. The molecule has 0 atom stereocenters. The Morgan fingerprint density at radius 3 is 1.60 bits per heavy atom. The van der Waals surface area contributed by atoms with Crippen LogP contribution in [0.5, 0.6) is 0 Å². The van der Waals surface area contributed by atoms with Gasteiger partial charge in [-0.3, -0.25) is 0 Å². The van der Waals surface area contributed by atoms with Gasteiger partial charge in [-0.1, -0.05) is 6.92 Å². The molecule has 0 aromatic rings. The molecule has 0 aromatic carbocycles. The van der Waals surface area contributed by atoms with Gasteiger partial charge in [-0.25, -0.2) is 0 Å². The molecule has 0 spiro atoms. The van der Waals surface area contributed by atoms with E-state index in [0.29, 0.717) is 0 Å². The van der Waals surface area contributed by atoms with Gasteiger partial charge in [0.25, 0.3) is 0 Å². The first-order valence-corrected chi connectivity index (χ1v) is 1.66. The minimum Gasteiger partial charge on any atom is -0.344 e. The van der Waals surface area contributed by atoms with Crippen molar-refractivity contribution in [1.29, 1.82) is 0 Å². The summed E-state index contributed by atoms with van der Waals surface area (Å²) in [5.74, 6) is 0.944. The van der Waals surface area contributed by atoms with Crippen LogP contribution >= 0.6 is 25.0 Å². The molecule has 3 heteroatoms. The summed E-state index contributed by atoms with van der Waals surface area (Å²) < 4.78 is 0. The molecular formula is C2H10ClNS. The van der Waals surface area contributed by atoms with Crippen LogP contribution in [0.2, 0.25) is 0 Å². The van der Waals surface area contributed by atoms with E-state index >= 15 is 0 Å². The fourth-order valence-corrected chi connectivity index (χ4v) is 0. The van der Waals surface area contributed by atoms with Gasteiger partial charge < -0.3 is 6.15 Å². The zero-order valence-electron chi connectivity index (χ0n) is 3.27. The molecule has 3 N–H and O–H groups in total. The minimum atomic E-state index is 0. The minimum absolute atomic E-state index is 0. The highest BCUT2D eigenvalue weighted by Crippen LogP contribution is 1.58. The second-order valence-electron chi connectivity index (χ2n) is 0.316. The van der Waals surface area contributed by atoms with E-state index in [-0.39, 0.29) is 18.6 Å². The van der Waals surface area contributed by atoms with Crippen molar-refractivity contribution in [3.63, 3.8) is 0 Å². The number of rotatable bonds is 0. The predicted molar refractivity (Wildman–Crippen MR) is 31.8 cm³/mol. The van der Waals surface area contributed by atoms with Crippen LogP contribution in [0.25, 0.3) is 0 Å². The first-order valence-electron chi connectivity index (χ1n) is 1.02. The predicted octanol–water partition coefficient (Wildman–Crippen LogP) is 1.52. The Morgan fingerprint density at radius 1 is 1.60 bits per heavy atom. The number of hydrogen-bond donors (Lipinski definition) is 2. The summed E-state index contributed by atoms with van der Waals surface area (Å²) in [5, 5.41) is 0. The van der Waals surface area contributed by atoms with Gasteiger partial charge >= 0.3 is 0 Å². The largest absolute Gasteiger partial charge is 0.344 e. The first kappa shape index (κ1) is 17.5. The van der Waals surface area contributed by atoms with Crippen LogP contribution < -0.4 is 6.15 Å². The Morgan fingerprint density at radius 2 is 1.60 bits per heavy atom. The zero-order chi connectivity index (χ0) is 2.71. The summed E-state index contributed by atoms with van der Waals surface area (Å²) in [6.45, 7) is 1.99. The smallest absolute Gasteiger partial charge is 0.0126 e. The quantitative estimate of drug-likeness (QED) is 0.462. The van der Waals surface area contributed by atoms with Gasteiger partial charge in [0.1, 0.15) is 0 Å². The molecule has 0 aliphatic rings. The molecule has 0 heterocycles. The molecule has 0 unspecified atom stereocenters. The highest BCUT2D eigenvalue weighted by atomic mass is 35.5. The molecule has 1 nitrogen and oxygen atoms in total. The molecule has 36 valence electrons. The van der Waals surface area contributed by atoms with Crippen LogP contribution in [0.15, 0.2) is 0 Å². The third-order valence-electron chi connectivity index (χ3n) is 0. The summed E-state index contributed by atoms with van der Waals surface area (Å²) in [7, 11) is 0. The Labute approximate surface area is 44.5 Å². The Balaban J connectivity index is -0.0000000200. The van der Waals surface area contributed by atoms with Crippen molar-refractivity contribution in [1.82, 2.24) is 6.15 Å². The molecular weight excluding hydrogens is 106 g/mol. The van der Waals surface area contributed by atoms with Crippen molar-refractivity contribution in [2.24, 2.45) is 0 Å². The lowest BCUT2D eigenvalue weighted by molar-refractivity contribution is 1.54. The molecule has 0 saturated carbocycles. The molecule has 0 bridgehead atoms. The molecule has 0 rings (SSSR count). The van der Waals surface area contributed by atoms with Gasteiger partial charge in [0, 0.05) is 0 Å². The second-order valence-corrected chi connectivity index (χ2v) is 0.949. The summed E-state index contributed by atoms with van der Waals surface area (Å²) in [6.07, 6.45) is 0. The van der Waals surface area contributed by atoms with Gasteiger partial charge in [0.2, 0.25) is 0 Å². The van der Waals surface area contributed by atoms with E-state index in [4.69, 9.17) is 0 Å². The first-order chi connectivity index (χ1) is 1.41. The van der Waals surface area contributed by atoms with Gasteiger partial charge in [-0.05, 0) is 5.75 Å². The van der Waals surface area contributed by atoms with Crippen molar-refractivity contribution in [2.45, 2.75) is 6.92 Å². The van der Waals surface area contributed by atoms with E-state index in [1.54, 1.807) is 0 Å². The van der Waals surface area contributed by atoms with Crippen molar-refractivity contribution in [2.75, 3.05) is 5.75 Å². The Kier molecular flexibility index (Phi) is 81.6. The number of hydrogen-bond acceptors (Lipinski definition) is 2. The van der Waals surface area contributed by atoms with Crippen molar-refractivity contribution >= 4 is 25.0 Å².